The van der Waals surface area contributed by atoms with Gasteiger partial charge in [-0.1, -0.05) is 11.6 Å². The molecule has 2 heterocycles. The smallest absolute Gasteiger partial charge is 0.180 e. The van der Waals surface area contributed by atoms with Gasteiger partial charge in [-0.15, -0.1) is 0 Å². The van der Waals surface area contributed by atoms with E-state index >= 15 is 0 Å². The average Bonchev–Trinajstić information content (AvgIpc) is 2.84. The Balaban J connectivity index is 2.11. The summed E-state index contributed by atoms with van der Waals surface area (Å²) in [4.78, 5) is 11.8. The van der Waals surface area contributed by atoms with Crippen LogP contribution >= 0.6 is 11.6 Å². The number of hydrogen-bond donors (Lipinski definition) is 2. The van der Waals surface area contributed by atoms with Crippen molar-refractivity contribution in [2.75, 3.05) is 12.4 Å². The Morgan fingerprint density at radius 3 is 2.79 bits per heavy atom. The molecule has 3 rings (SSSR count). The number of benzene rings is 1. The van der Waals surface area contributed by atoms with Crippen LogP contribution in [0, 0.1) is 5.82 Å². The Bertz CT molecular complexity index is 753. The van der Waals surface area contributed by atoms with Crippen molar-refractivity contribution < 1.29 is 4.39 Å². The molecule has 0 aliphatic carbocycles. The molecule has 96 valence electrons. The van der Waals surface area contributed by atoms with Crippen molar-refractivity contribution in [3.63, 3.8) is 0 Å². The highest BCUT2D eigenvalue weighted by Crippen LogP contribution is 2.24. The van der Waals surface area contributed by atoms with Crippen LogP contribution in [0.4, 0.5) is 10.2 Å². The lowest BCUT2D eigenvalue weighted by Crippen LogP contribution is -1.91. The summed E-state index contributed by atoms with van der Waals surface area (Å²) in [6.45, 7) is 0. The molecule has 0 unspecified atom stereocenters. The standard InChI is InChI=1S/C13H10ClFN4/c1-16-11-5-4-10-13(18-11)19-12(17-10)7-2-3-9(15)8(14)6-7/h2-6H,1H3,(H2,16,17,18,19). The third-order valence-electron chi connectivity index (χ3n) is 2.80. The number of anilines is 1. The van der Waals surface area contributed by atoms with Crippen LogP contribution < -0.4 is 5.32 Å². The van der Waals surface area contributed by atoms with E-state index in [-0.39, 0.29) is 5.02 Å². The molecule has 0 radical (unpaired) electrons. The minimum Gasteiger partial charge on any atom is -0.373 e. The lowest BCUT2D eigenvalue weighted by molar-refractivity contribution is 0.628. The minimum atomic E-state index is -0.447. The maximum atomic E-state index is 13.1. The van der Waals surface area contributed by atoms with E-state index in [4.69, 9.17) is 11.6 Å². The second-order valence-corrected chi connectivity index (χ2v) is 4.44. The van der Waals surface area contributed by atoms with Crippen molar-refractivity contribution in [3.05, 3.63) is 41.2 Å². The van der Waals surface area contributed by atoms with Crippen LogP contribution in [0.15, 0.2) is 30.3 Å². The van der Waals surface area contributed by atoms with Gasteiger partial charge in [0.25, 0.3) is 0 Å². The molecule has 1 aromatic carbocycles. The van der Waals surface area contributed by atoms with Gasteiger partial charge in [-0.05, 0) is 30.3 Å². The van der Waals surface area contributed by atoms with Crippen molar-refractivity contribution in [1.82, 2.24) is 15.0 Å². The van der Waals surface area contributed by atoms with E-state index in [0.29, 0.717) is 11.5 Å². The third-order valence-corrected chi connectivity index (χ3v) is 3.08. The molecule has 0 amide bonds. The average molecular weight is 277 g/mol. The highest BCUT2D eigenvalue weighted by Gasteiger charge is 2.09. The number of fused-ring (bicyclic) bond motifs is 1. The van der Waals surface area contributed by atoms with Crippen molar-refractivity contribution >= 4 is 28.6 Å². The maximum Gasteiger partial charge on any atom is 0.180 e. The molecular weight excluding hydrogens is 267 g/mol. The first-order valence-corrected chi connectivity index (χ1v) is 6.05. The fraction of sp³-hybridized carbons (Fsp3) is 0.0769. The topological polar surface area (TPSA) is 53.6 Å². The monoisotopic (exact) mass is 276 g/mol. The molecule has 2 N–H and O–H groups in total. The molecule has 4 nitrogen and oxygen atoms in total. The summed E-state index contributed by atoms with van der Waals surface area (Å²) < 4.78 is 13.1. The lowest BCUT2D eigenvalue weighted by atomic mass is 10.2. The van der Waals surface area contributed by atoms with Crippen molar-refractivity contribution in [1.29, 1.82) is 0 Å². The summed E-state index contributed by atoms with van der Waals surface area (Å²) in [5, 5.41) is 3.02. The zero-order chi connectivity index (χ0) is 13.4. The third kappa shape index (κ3) is 2.13. The SMILES string of the molecule is CNc1ccc2[nH]c(-c3ccc(F)c(Cl)c3)nc2n1. The van der Waals surface area contributed by atoms with Gasteiger partial charge in [0, 0.05) is 12.6 Å². The Kier molecular flexibility index (Phi) is 2.83. The second kappa shape index (κ2) is 4.51. The van der Waals surface area contributed by atoms with Crippen LogP contribution in [-0.2, 0) is 0 Å². The molecule has 0 fully saturated rings. The van der Waals surface area contributed by atoms with Crippen LogP contribution in [0.25, 0.3) is 22.6 Å². The summed E-state index contributed by atoms with van der Waals surface area (Å²) in [7, 11) is 1.79. The van der Waals surface area contributed by atoms with Gasteiger partial charge in [-0.3, -0.25) is 0 Å². The first kappa shape index (κ1) is 11.9. The van der Waals surface area contributed by atoms with E-state index in [0.717, 1.165) is 16.9 Å². The van der Waals surface area contributed by atoms with Crippen molar-refractivity contribution in [3.8, 4) is 11.4 Å². The summed E-state index contributed by atoms with van der Waals surface area (Å²) in [5.74, 6) is 0.900. The van der Waals surface area contributed by atoms with Gasteiger partial charge in [0.1, 0.15) is 17.5 Å². The van der Waals surface area contributed by atoms with Crippen LogP contribution in [0.1, 0.15) is 0 Å². The molecule has 0 aliphatic rings. The molecule has 19 heavy (non-hydrogen) atoms. The van der Waals surface area contributed by atoms with E-state index in [9.17, 15) is 4.39 Å². The number of rotatable bonds is 2. The summed E-state index contributed by atoms with van der Waals surface area (Å²) in [6, 6.07) is 8.21. The van der Waals surface area contributed by atoms with Gasteiger partial charge in [0.05, 0.1) is 10.5 Å². The molecule has 0 saturated heterocycles. The number of nitrogens with one attached hydrogen (secondary N) is 2. The van der Waals surface area contributed by atoms with E-state index in [1.807, 2.05) is 12.1 Å². The number of halogens is 2. The Hall–Kier alpha value is -2.14. The van der Waals surface area contributed by atoms with Gasteiger partial charge in [-0.25, -0.2) is 14.4 Å². The van der Waals surface area contributed by atoms with Gasteiger partial charge < -0.3 is 10.3 Å². The van der Waals surface area contributed by atoms with Crippen LogP contribution in [0.3, 0.4) is 0 Å². The Morgan fingerprint density at radius 1 is 1.21 bits per heavy atom. The van der Waals surface area contributed by atoms with E-state index in [1.54, 1.807) is 13.1 Å². The van der Waals surface area contributed by atoms with Crippen molar-refractivity contribution in [2.24, 2.45) is 0 Å². The molecule has 0 spiro atoms. The Labute approximate surface area is 113 Å². The summed E-state index contributed by atoms with van der Waals surface area (Å²) in [5.41, 5.74) is 2.13. The summed E-state index contributed by atoms with van der Waals surface area (Å²) >= 11 is 5.77. The van der Waals surface area contributed by atoms with Crippen LogP contribution in [-0.4, -0.2) is 22.0 Å². The molecular formula is C13H10ClFN4. The predicted octanol–water partition coefficient (Wildman–Crippen LogP) is 3.46. The van der Waals surface area contributed by atoms with Gasteiger partial charge in [0.2, 0.25) is 0 Å². The Morgan fingerprint density at radius 2 is 2.05 bits per heavy atom. The molecule has 0 aliphatic heterocycles. The lowest BCUT2D eigenvalue weighted by Gasteiger charge is -1.98. The highest BCUT2D eigenvalue weighted by atomic mass is 35.5. The van der Waals surface area contributed by atoms with Crippen LogP contribution in [0.5, 0.6) is 0 Å². The minimum absolute atomic E-state index is 0.0711. The van der Waals surface area contributed by atoms with Crippen molar-refractivity contribution in [2.45, 2.75) is 0 Å². The van der Waals surface area contributed by atoms with E-state index in [1.165, 1.54) is 12.1 Å². The number of aromatic nitrogens is 3. The van der Waals surface area contributed by atoms with Gasteiger partial charge in [0.15, 0.2) is 5.65 Å². The quantitative estimate of drug-likeness (QED) is 0.754. The molecule has 6 heteroatoms. The van der Waals surface area contributed by atoms with Gasteiger partial charge in [-0.2, -0.15) is 0 Å². The summed E-state index contributed by atoms with van der Waals surface area (Å²) in [6.07, 6.45) is 0. The predicted molar refractivity (Wildman–Crippen MR) is 73.8 cm³/mol. The van der Waals surface area contributed by atoms with E-state index < -0.39 is 5.82 Å². The molecule has 3 aromatic rings. The number of H-pyrrole nitrogens is 1. The number of nitrogens with zero attached hydrogens (tertiary/aromatic N) is 2. The zero-order valence-corrected chi connectivity index (χ0v) is 10.8. The number of aromatic amines is 1. The first-order valence-electron chi connectivity index (χ1n) is 5.67. The molecule has 0 atom stereocenters. The fourth-order valence-corrected chi connectivity index (χ4v) is 1.99. The normalized spacial score (nSPS) is 10.9. The van der Waals surface area contributed by atoms with Crippen LogP contribution in [0.2, 0.25) is 5.02 Å². The number of pyridine rings is 1. The maximum absolute atomic E-state index is 13.1. The molecule has 2 aromatic heterocycles. The number of hydrogen-bond acceptors (Lipinski definition) is 3. The van der Waals surface area contributed by atoms with Gasteiger partial charge >= 0.3 is 0 Å². The fourth-order valence-electron chi connectivity index (χ4n) is 1.81. The number of imidazole rings is 1. The van der Waals surface area contributed by atoms with E-state index in [2.05, 4.69) is 20.3 Å². The largest absolute Gasteiger partial charge is 0.373 e. The molecule has 0 saturated carbocycles. The molecule has 0 bridgehead atoms. The zero-order valence-electron chi connectivity index (χ0n) is 10.0. The first-order chi connectivity index (χ1) is 9.17. The highest BCUT2D eigenvalue weighted by molar-refractivity contribution is 6.31. The second-order valence-electron chi connectivity index (χ2n) is 4.03.